The first-order valence-corrected chi connectivity index (χ1v) is 4.61. The SMILES string of the molecule is O=C[C@H](c1ccccc1)[C@H](Cl)C(F)(F)F. The van der Waals surface area contributed by atoms with E-state index >= 15 is 0 Å². The van der Waals surface area contributed by atoms with Gasteiger partial charge in [-0.15, -0.1) is 11.6 Å². The van der Waals surface area contributed by atoms with Gasteiger partial charge >= 0.3 is 6.18 Å². The monoisotopic (exact) mass is 236 g/mol. The summed E-state index contributed by atoms with van der Waals surface area (Å²) in [7, 11) is 0. The van der Waals surface area contributed by atoms with Crippen molar-refractivity contribution in [3.63, 3.8) is 0 Å². The third-order valence-electron chi connectivity index (χ3n) is 1.96. The quantitative estimate of drug-likeness (QED) is 0.582. The Morgan fingerprint density at radius 2 is 1.73 bits per heavy atom. The van der Waals surface area contributed by atoms with Crippen molar-refractivity contribution >= 4 is 17.9 Å². The molecular formula is C10H8ClF3O. The van der Waals surface area contributed by atoms with Crippen LogP contribution in [0.3, 0.4) is 0 Å². The number of benzene rings is 1. The summed E-state index contributed by atoms with van der Waals surface area (Å²) < 4.78 is 36.8. The molecule has 0 radical (unpaired) electrons. The number of hydrogen-bond donors (Lipinski definition) is 0. The maximum atomic E-state index is 12.3. The standard InChI is InChI=1S/C10H8ClF3O/c11-9(10(12,13)14)8(6-15)7-4-2-1-3-5-7/h1-6,8-9H/t8-,9+/m1/s1. The smallest absolute Gasteiger partial charge is 0.303 e. The lowest BCUT2D eigenvalue weighted by Gasteiger charge is -2.19. The van der Waals surface area contributed by atoms with E-state index in [0.29, 0.717) is 0 Å². The first kappa shape index (κ1) is 12.0. The minimum atomic E-state index is -4.58. The molecule has 0 aliphatic carbocycles. The molecule has 0 N–H and O–H groups in total. The average Bonchev–Trinajstić information content (AvgIpc) is 2.19. The summed E-state index contributed by atoms with van der Waals surface area (Å²) in [6.45, 7) is 0. The molecule has 0 aliphatic rings. The van der Waals surface area contributed by atoms with Gasteiger partial charge in [-0.1, -0.05) is 30.3 Å². The Morgan fingerprint density at radius 3 is 2.13 bits per heavy atom. The summed E-state index contributed by atoms with van der Waals surface area (Å²) in [5.41, 5.74) is 0.268. The zero-order chi connectivity index (χ0) is 11.5. The van der Waals surface area contributed by atoms with Crippen LogP contribution < -0.4 is 0 Å². The molecule has 0 aliphatic heterocycles. The van der Waals surface area contributed by atoms with Crippen molar-refractivity contribution in [3.05, 3.63) is 35.9 Å². The van der Waals surface area contributed by atoms with E-state index in [0.717, 1.165) is 0 Å². The van der Waals surface area contributed by atoms with Gasteiger partial charge in [-0.2, -0.15) is 13.2 Å². The van der Waals surface area contributed by atoms with Crippen molar-refractivity contribution in [1.82, 2.24) is 0 Å². The van der Waals surface area contributed by atoms with E-state index in [-0.39, 0.29) is 11.8 Å². The molecule has 82 valence electrons. The van der Waals surface area contributed by atoms with E-state index < -0.39 is 17.5 Å². The number of hydrogen-bond acceptors (Lipinski definition) is 1. The van der Waals surface area contributed by atoms with Crippen molar-refractivity contribution < 1.29 is 18.0 Å². The number of carbonyl (C=O) groups excluding carboxylic acids is 1. The zero-order valence-corrected chi connectivity index (χ0v) is 8.29. The van der Waals surface area contributed by atoms with E-state index in [2.05, 4.69) is 0 Å². The second-order valence-corrected chi connectivity index (χ2v) is 3.49. The number of carbonyl (C=O) groups is 1. The fourth-order valence-corrected chi connectivity index (χ4v) is 1.40. The lowest BCUT2D eigenvalue weighted by molar-refractivity contribution is -0.139. The molecule has 2 atom stereocenters. The second kappa shape index (κ2) is 4.66. The molecule has 0 saturated heterocycles. The molecule has 0 heterocycles. The number of alkyl halides is 4. The molecule has 0 aromatic heterocycles. The minimum Gasteiger partial charge on any atom is -0.303 e. The van der Waals surface area contributed by atoms with Crippen LogP contribution in [-0.4, -0.2) is 17.8 Å². The Hall–Kier alpha value is -1.03. The highest BCUT2D eigenvalue weighted by molar-refractivity contribution is 6.22. The Balaban J connectivity index is 2.95. The molecule has 0 bridgehead atoms. The summed E-state index contributed by atoms with van der Waals surface area (Å²) in [5, 5.41) is -2.18. The Morgan fingerprint density at radius 1 is 1.20 bits per heavy atom. The van der Waals surface area contributed by atoms with E-state index in [1.54, 1.807) is 18.2 Å². The average molecular weight is 237 g/mol. The van der Waals surface area contributed by atoms with Gasteiger partial charge < -0.3 is 4.79 Å². The molecule has 15 heavy (non-hydrogen) atoms. The summed E-state index contributed by atoms with van der Waals surface area (Å²) in [5.74, 6) is -1.35. The van der Waals surface area contributed by atoms with Crippen LogP contribution in [0.25, 0.3) is 0 Å². The van der Waals surface area contributed by atoms with Crippen molar-refractivity contribution in [2.75, 3.05) is 0 Å². The van der Waals surface area contributed by atoms with Crippen molar-refractivity contribution in [2.45, 2.75) is 17.5 Å². The molecule has 1 aromatic rings. The Kier molecular flexibility index (Phi) is 3.74. The third-order valence-corrected chi connectivity index (χ3v) is 2.48. The first-order valence-electron chi connectivity index (χ1n) is 4.18. The largest absolute Gasteiger partial charge is 0.405 e. The molecule has 1 aromatic carbocycles. The molecule has 1 rings (SSSR count). The van der Waals surface area contributed by atoms with Gasteiger partial charge in [0, 0.05) is 0 Å². The summed E-state index contributed by atoms with van der Waals surface area (Å²) in [4.78, 5) is 10.6. The van der Waals surface area contributed by atoms with Gasteiger partial charge in [0.2, 0.25) is 0 Å². The van der Waals surface area contributed by atoms with Gasteiger partial charge in [0.15, 0.2) is 0 Å². The topological polar surface area (TPSA) is 17.1 Å². The molecule has 0 unspecified atom stereocenters. The zero-order valence-electron chi connectivity index (χ0n) is 7.54. The second-order valence-electron chi connectivity index (χ2n) is 3.02. The molecular weight excluding hydrogens is 229 g/mol. The molecule has 0 spiro atoms. The van der Waals surface area contributed by atoms with Crippen LogP contribution in [0.2, 0.25) is 0 Å². The van der Waals surface area contributed by atoms with E-state index in [4.69, 9.17) is 11.6 Å². The van der Waals surface area contributed by atoms with Crippen molar-refractivity contribution in [3.8, 4) is 0 Å². The predicted molar refractivity (Wildman–Crippen MR) is 50.9 cm³/mol. The summed E-state index contributed by atoms with van der Waals surface area (Å²) in [6.07, 6.45) is -4.36. The summed E-state index contributed by atoms with van der Waals surface area (Å²) in [6, 6.07) is 7.67. The highest BCUT2D eigenvalue weighted by atomic mass is 35.5. The number of aldehydes is 1. The van der Waals surface area contributed by atoms with Crippen LogP contribution in [0.15, 0.2) is 30.3 Å². The van der Waals surface area contributed by atoms with E-state index in [1.165, 1.54) is 12.1 Å². The third kappa shape index (κ3) is 2.96. The molecule has 0 amide bonds. The molecule has 1 nitrogen and oxygen atoms in total. The molecule has 0 fully saturated rings. The van der Waals surface area contributed by atoms with Gasteiger partial charge in [0.05, 0.1) is 5.92 Å². The first-order chi connectivity index (χ1) is 6.96. The van der Waals surface area contributed by atoms with Crippen LogP contribution in [0, 0.1) is 0 Å². The maximum absolute atomic E-state index is 12.3. The Labute approximate surface area is 89.9 Å². The Bertz CT molecular complexity index is 323. The lowest BCUT2D eigenvalue weighted by atomic mass is 9.97. The lowest BCUT2D eigenvalue weighted by Crippen LogP contribution is -2.30. The van der Waals surface area contributed by atoms with Crippen LogP contribution in [0.5, 0.6) is 0 Å². The van der Waals surface area contributed by atoms with Crippen LogP contribution in [0.4, 0.5) is 13.2 Å². The predicted octanol–water partition coefficient (Wildman–Crippen LogP) is 3.14. The van der Waals surface area contributed by atoms with Gasteiger partial charge in [-0.3, -0.25) is 0 Å². The normalized spacial score (nSPS) is 15.7. The van der Waals surface area contributed by atoms with Crippen molar-refractivity contribution in [1.29, 1.82) is 0 Å². The highest BCUT2D eigenvalue weighted by Gasteiger charge is 2.43. The van der Waals surface area contributed by atoms with Gasteiger partial charge in [-0.05, 0) is 5.56 Å². The number of halogens is 4. The number of rotatable bonds is 3. The highest BCUT2D eigenvalue weighted by Crippen LogP contribution is 2.34. The fraction of sp³-hybridized carbons (Fsp3) is 0.300. The summed E-state index contributed by atoms with van der Waals surface area (Å²) >= 11 is 5.20. The van der Waals surface area contributed by atoms with E-state index in [1.807, 2.05) is 0 Å². The van der Waals surface area contributed by atoms with Crippen molar-refractivity contribution in [2.24, 2.45) is 0 Å². The molecule has 0 saturated carbocycles. The van der Waals surface area contributed by atoms with Crippen LogP contribution >= 0.6 is 11.6 Å². The fourth-order valence-electron chi connectivity index (χ4n) is 1.20. The van der Waals surface area contributed by atoms with Gasteiger partial charge in [0.25, 0.3) is 0 Å². The minimum absolute atomic E-state index is 0.223. The maximum Gasteiger partial charge on any atom is 0.405 e. The van der Waals surface area contributed by atoms with Gasteiger partial charge in [-0.25, -0.2) is 0 Å². The van der Waals surface area contributed by atoms with Crippen LogP contribution in [0.1, 0.15) is 11.5 Å². The molecule has 5 heteroatoms. The van der Waals surface area contributed by atoms with Gasteiger partial charge in [0.1, 0.15) is 11.7 Å². The van der Waals surface area contributed by atoms with Crippen LogP contribution in [-0.2, 0) is 4.79 Å². The van der Waals surface area contributed by atoms with E-state index in [9.17, 15) is 18.0 Å².